The molecule has 0 atom stereocenters. The van der Waals surface area contributed by atoms with E-state index in [0.717, 1.165) is 22.7 Å². The Bertz CT molecular complexity index is 722. The van der Waals surface area contributed by atoms with E-state index in [1.165, 1.54) is 0 Å². The second-order valence-corrected chi connectivity index (χ2v) is 4.14. The normalized spacial score (nSPS) is 10.8. The topological polar surface area (TPSA) is 59.7 Å². The van der Waals surface area contributed by atoms with Crippen LogP contribution in [-0.4, -0.2) is 26.8 Å². The molecule has 0 fully saturated rings. The molecule has 2 aromatic heterocycles. The van der Waals surface area contributed by atoms with Crippen LogP contribution in [0.25, 0.3) is 16.9 Å². The van der Waals surface area contributed by atoms with Gasteiger partial charge in [0.15, 0.2) is 5.65 Å². The van der Waals surface area contributed by atoms with Crippen molar-refractivity contribution >= 4 is 5.65 Å². The lowest BCUT2D eigenvalue weighted by molar-refractivity contribution is 0.277. The van der Waals surface area contributed by atoms with E-state index in [2.05, 4.69) is 10.1 Å². The van der Waals surface area contributed by atoms with Crippen molar-refractivity contribution in [1.29, 1.82) is 0 Å². The molecule has 2 heterocycles. The zero-order valence-corrected chi connectivity index (χ0v) is 10.4. The van der Waals surface area contributed by atoms with Crippen LogP contribution in [0.4, 0.5) is 0 Å². The lowest BCUT2D eigenvalue weighted by Crippen LogP contribution is -1.93. The van der Waals surface area contributed by atoms with Gasteiger partial charge in [-0.1, -0.05) is 12.1 Å². The Hall–Kier alpha value is -2.40. The number of benzene rings is 1. The number of hydrogen-bond acceptors (Lipinski definition) is 4. The molecule has 96 valence electrons. The third-order valence-corrected chi connectivity index (χ3v) is 2.90. The molecule has 0 amide bonds. The third kappa shape index (κ3) is 2.15. The van der Waals surface area contributed by atoms with Crippen molar-refractivity contribution < 1.29 is 9.84 Å². The molecule has 0 spiro atoms. The summed E-state index contributed by atoms with van der Waals surface area (Å²) < 4.78 is 6.87. The van der Waals surface area contributed by atoms with Crippen molar-refractivity contribution in [3.8, 4) is 17.0 Å². The molecule has 5 nitrogen and oxygen atoms in total. The Kier molecular flexibility index (Phi) is 2.89. The van der Waals surface area contributed by atoms with Gasteiger partial charge in [0.05, 0.1) is 31.3 Å². The highest BCUT2D eigenvalue weighted by Gasteiger charge is 2.05. The van der Waals surface area contributed by atoms with Crippen LogP contribution in [0.5, 0.6) is 5.75 Å². The molecule has 3 rings (SSSR count). The number of imidazole rings is 1. The van der Waals surface area contributed by atoms with Gasteiger partial charge in [0, 0.05) is 5.56 Å². The second kappa shape index (κ2) is 4.70. The summed E-state index contributed by atoms with van der Waals surface area (Å²) in [6.45, 7) is -0.0855. The fraction of sp³-hybridized carbons (Fsp3) is 0.143. The number of aromatic nitrogens is 3. The first-order valence-electron chi connectivity index (χ1n) is 5.91. The van der Waals surface area contributed by atoms with Crippen molar-refractivity contribution in [2.24, 2.45) is 0 Å². The van der Waals surface area contributed by atoms with Gasteiger partial charge in [-0.2, -0.15) is 5.10 Å². The van der Waals surface area contributed by atoms with Crippen LogP contribution in [0.2, 0.25) is 0 Å². The summed E-state index contributed by atoms with van der Waals surface area (Å²) in [5.74, 6) is 0.793. The van der Waals surface area contributed by atoms with Crippen LogP contribution in [0.15, 0.2) is 42.6 Å². The molecule has 19 heavy (non-hydrogen) atoms. The van der Waals surface area contributed by atoms with Crippen LogP contribution in [0.3, 0.4) is 0 Å². The van der Waals surface area contributed by atoms with Crippen molar-refractivity contribution in [3.63, 3.8) is 0 Å². The summed E-state index contributed by atoms with van der Waals surface area (Å²) in [6.07, 6.45) is 1.72. The highest BCUT2D eigenvalue weighted by Crippen LogP contribution is 2.22. The average molecular weight is 255 g/mol. The predicted octanol–water partition coefficient (Wildman–Crippen LogP) is 1.90. The molecule has 0 aliphatic rings. The number of aliphatic hydroxyl groups is 1. The molecule has 0 aliphatic carbocycles. The molecule has 0 bridgehead atoms. The van der Waals surface area contributed by atoms with Gasteiger partial charge in [-0.25, -0.2) is 9.50 Å². The Balaban J connectivity index is 2.08. The zero-order chi connectivity index (χ0) is 13.2. The summed E-state index contributed by atoms with van der Waals surface area (Å²) in [4.78, 5) is 4.23. The quantitative estimate of drug-likeness (QED) is 0.776. The minimum Gasteiger partial charge on any atom is -0.497 e. The molecule has 0 radical (unpaired) electrons. The highest BCUT2D eigenvalue weighted by atomic mass is 16.5. The highest BCUT2D eigenvalue weighted by molar-refractivity contribution is 5.62. The monoisotopic (exact) mass is 255 g/mol. The number of aliphatic hydroxyl groups excluding tert-OH is 1. The zero-order valence-electron chi connectivity index (χ0n) is 10.4. The summed E-state index contributed by atoms with van der Waals surface area (Å²) in [6, 6.07) is 11.5. The number of hydrogen-bond donors (Lipinski definition) is 1. The first kappa shape index (κ1) is 11.7. The molecule has 1 aromatic carbocycles. The van der Waals surface area contributed by atoms with Crippen LogP contribution in [0, 0.1) is 0 Å². The van der Waals surface area contributed by atoms with E-state index in [9.17, 15) is 0 Å². The summed E-state index contributed by atoms with van der Waals surface area (Å²) >= 11 is 0. The largest absolute Gasteiger partial charge is 0.497 e. The minimum absolute atomic E-state index is 0.0855. The predicted molar refractivity (Wildman–Crippen MR) is 70.9 cm³/mol. The fourth-order valence-corrected chi connectivity index (χ4v) is 1.94. The molecule has 1 N–H and O–H groups in total. The fourth-order valence-electron chi connectivity index (χ4n) is 1.94. The third-order valence-electron chi connectivity index (χ3n) is 2.90. The van der Waals surface area contributed by atoms with E-state index in [0.29, 0.717) is 5.69 Å². The Morgan fingerprint density at radius 1 is 1.26 bits per heavy atom. The second-order valence-electron chi connectivity index (χ2n) is 4.14. The lowest BCUT2D eigenvalue weighted by Gasteiger charge is -2.04. The van der Waals surface area contributed by atoms with E-state index in [4.69, 9.17) is 9.84 Å². The number of fused-ring (bicyclic) bond motifs is 1. The van der Waals surface area contributed by atoms with Crippen molar-refractivity contribution in [2.45, 2.75) is 6.61 Å². The smallest absolute Gasteiger partial charge is 0.153 e. The van der Waals surface area contributed by atoms with E-state index in [-0.39, 0.29) is 6.61 Å². The van der Waals surface area contributed by atoms with Crippen LogP contribution < -0.4 is 4.74 Å². The minimum atomic E-state index is -0.0855. The summed E-state index contributed by atoms with van der Waals surface area (Å²) in [5.41, 5.74) is 3.12. The maximum atomic E-state index is 9.07. The standard InChI is InChI=1S/C14H13N3O2/c1-19-12-4-2-3-10(7-12)13-5-6-14-15-11(9-18)8-17(14)16-13/h2-8,18H,9H2,1H3. The van der Waals surface area contributed by atoms with Gasteiger partial charge in [0.1, 0.15) is 5.75 Å². The molecule has 0 saturated carbocycles. The number of rotatable bonds is 3. The lowest BCUT2D eigenvalue weighted by atomic mass is 10.1. The van der Waals surface area contributed by atoms with E-state index < -0.39 is 0 Å². The van der Waals surface area contributed by atoms with Gasteiger partial charge in [-0.15, -0.1) is 0 Å². The Morgan fingerprint density at radius 3 is 2.95 bits per heavy atom. The van der Waals surface area contributed by atoms with E-state index >= 15 is 0 Å². The molecule has 5 heteroatoms. The first-order chi connectivity index (χ1) is 9.30. The van der Waals surface area contributed by atoms with Crippen molar-refractivity contribution in [1.82, 2.24) is 14.6 Å². The first-order valence-corrected chi connectivity index (χ1v) is 5.91. The van der Waals surface area contributed by atoms with Gasteiger partial charge >= 0.3 is 0 Å². The Labute approximate surface area is 110 Å². The average Bonchev–Trinajstić information content (AvgIpc) is 2.89. The van der Waals surface area contributed by atoms with Gasteiger partial charge < -0.3 is 9.84 Å². The molecule has 3 aromatic rings. The molecule has 0 saturated heterocycles. The number of ether oxygens (including phenoxy) is 1. The Morgan fingerprint density at radius 2 is 2.16 bits per heavy atom. The molecular formula is C14H13N3O2. The summed E-state index contributed by atoms with van der Waals surface area (Å²) in [7, 11) is 1.64. The van der Waals surface area contributed by atoms with Gasteiger partial charge in [0.25, 0.3) is 0 Å². The van der Waals surface area contributed by atoms with Gasteiger partial charge in [-0.3, -0.25) is 0 Å². The molecule has 0 aliphatic heterocycles. The van der Waals surface area contributed by atoms with Crippen LogP contribution in [0.1, 0.15) is 5.69 Å². The maximum Gasteiger partial charge on any atom is 0.153 e. The number of methoxy groups -OCH3 is 1. The van der Waals surface area contributed by atoms with E-state index in [1.807, 2.05) is 36.4 Å². The SMILES string of the molecule is COc1cccc(-c2ccc3nc(CO)cn3n2)c1. The van der Waals surface area contributed by atoms with Gasteiger partial charge in [0.2, 0.25) is 0 Å². The maximum absolute atomic E-state index is 9.07. The number of nitrogens with zero attached hydrogens (tertiary/aromatic N) is 3. The molecular weight excluding hydrogens is 242 g/mol. The van der Waals surface area contributed by atoms with Crippen molar-refractivity contribution in [3.05, 3.63) is 48.3 Å². The van der Waals surface area contributed by atoms with Crippen molar-refractivity contribution in [2.75, 3.05) is 7.11 Å². The van der Waals surface area contributed by atoms with Crippen LogP contribution in [-0.2, 0) is 6.61 Å². The molecule has 0 unspecified atom stereocenters. The summed E-state index contributed by atoms with van der Waals surface area (Å²) in [5, 5.41) is 13.6. The van der Waals surface area contributed by atoms with Gasteiger partial charge in [-0.05, 0) is 24.3 Å². The van der Waals surface area contributed by atoms with E-state index in [1.54, 1.807) is 17.8 Å². The van der Waals surface area contributed by atoms with Crippen LogP contribution >= 0.6 is 0 Å².